The third kappa shape index (κ3) is 2.27. The number of nitrogens with one attached hydrogen (secondary N) is 1. The number of halogens is 1. The van der Waals surface area contributed by atoms with Crippen molar-refractivity contribution >= 4 is 0 Å². The molecule has 2 aliphatic rings. The summed E-state index contributed by atoms with van der Waals surface area (Å²) in [6.07, 6.45) is 3.49. The lowest BCUT2D eigenvalue weighted by Crippen LogP contribution is -2.61. The van der Waals surface area contributed by atoms with Crippen LogP contribution >= 0.6 is 0 Å². The Kier molecular flexibility index (Phi) is 3.59. The molecule has 0 amide bonds. The maximum absolute atomic E-state index is 13.3. The first-order chi connectivity index (χ1) is 9.52. The number of rotatable bonds is 4. The Bertz CT molecular complexity index is 500. The van der Waals surface area contributed by atoms with Crippen LogP contribution in [0.25, 0.3) is 0 Å². The fraction of sp³-hybridized carbons (Fsp3) is 0.647. The largest absolute Gasteiger partial charge is 0.378 e. The summed E-state index contributed by atoms with van der Waals surface area (Å²) in [4.78, 5) is 0. The summed E-state index contributed by atoms with van der Waals surface area (Å²) in [5.41, 5.74) is 2.63. The molecule has 0 saturated heterocycles. The van der Waals surface area contributed by atoms with Gasteiger partial charge in [0, 0.05) is 24.1 Å². The second-order valence-corrected chi connectivity index (χ2v) is 6.65. The highest BCUT2D eigenvalue weighted by atomic mass is 19.1. The third-order valence-corrected chi connectivity index (χ3v) is 5.13. The number of hydrogen-bond donors (Lipinski definition) is 1. The van der Waals surface area contributed by atoms with Crippen LogP contribution in [0.1, 0.15) is 50.8 Å². The van der Waals surface area contributed by atoms with Gasteiger partial charge in [-0.2, -0.15) is 0 Å². The molecule has 0 radical (unpaired) electrons. The molecule has 1 N–H and O–H groups in total. The number of hydrogen-bond acceptors (Lipinski definition) is 2. The Balaban J connectivity index is 1.67. The highest BCUT2D eigenvalue weighted by Gasteiger charge is 2.49. The number of fused-ring (bicyclic) bond motifs is 1. The molecule has 20 heavy (non-hydrogen) atoms. The molecule has 1 saturated carbocycles. The molecule has 0 spiro atoms. The topological polar surface area (TPSA) is 21.3 Å². The van der Waals surface area contributed by atoms with Crippen LogP contribution in [0.4, 0.5) is 4.39 Å². The Labute approximate surface area is 120 Å². The second-order valence-electron chi connectivity index (χ2n) is 6.65. The SMILES string of the molecule is CCOC1CC(NC2CCc3cc(F)ccc32)C1(C)C. The minimum Gasteiger partial charge on any atom is -0.378 e. The predicted octanol–water partition coefficient (Wildman–Crippen LogP) is 3.61. The summed E-state index contributed by atoms with van der Waals surface area (Å²) in [5.74, 6) is -0.121. The van der Waals surface area contributed by atoms with Crippen molar-refractivity contribution in [3.8, 4) is 0 Å². The van der Waals surface area contributed by atoms with Gasteiger partial charge in [-0.25, -0.2) is 4.39 Å². The lowest BCUT2D eigenvalue weighted by molar-refractivity contribution is -0.116. The van der Waals surface area contributed by atoms with Crippen molar-refractivity contribution in [1.29, 1.82) is 0 Å². The molecule has 1 aromatic rings. The van der Waals surface area contributed by atoms with Crippen molar-refractivity contribution in [2.75, 3.05) is 6.61 Å². The van der Waals surface area contributed by atoms with Gasteiger partial charge in [0.05, 0.1) is 6.10 Å². The van der Waals surface area contributed by atoms with Crippen LogP contribution in [0.3, 0.4) is 0 Å². The Hall–Kier alpha value is -0.930. The molecule has 1 aromatic carbocycles. The Morgan fingerprint density at radius 3 is 2.90 bits per heavy atom. The second kappa shape index (κ2) is 5.12. The van der Waals surface area contributed by atoms with Crippen LogP contribution in [0.15, 0.2) is 18.2 Å². The highest BCUT2D eigenvalue weighted by molar-refractivity contribution is 5.35. The molecule has 3 heteroatoms. The van der Waals surface area contributed by atoms with E-state index in [9.17, 15) is 4.39 Å². The van der Waals surface area contributed by atoms with Crippen molar-refractivity contribution in [3.05, 3.63) is 35.1 Å². The molecule has 1 fully saturated rings. The summed E-state index contributed by atoms with van der Waals surface area (Å²) >= 11 is 0. The number of aryl methyl sites for hydroxylation is 1. The van der Waals surface area contributed by atoms with E-state index in [1.54, 1.807) is 12.1 Å². The molecule has 3 unspecified atom stereocenters. The maximum atomic E-state index is 13.3. The van der Waals surface area contributed by atoms with Gasteiger partial charge in [0.15, 0.2) is 0 Å². The normalized spacial score (nSPS) is 30.9. The van der Waals surface area contributed by atoms with Crippen LogP contribution in [-0.4, -0.2) is 18.8 Å². The molecule has 2 aliphatic carbocycles. The first-order valence-electron chi connectivity index (χ1n) is 7.68. The van der Waals surface area contributed by atoms with Crippen LogP contribution < -0.4 is 5.32 Å². The van der Waals surface area contributed by atoms with Crippen LogP contribution in [0.5, 0.6) is 0 Å². The van der Waals surface area contributed by atoms with Crippen molar-refractivity contribution < 1.29 is 9.13 Å². The monoisotopic (exact) mass is 277 g/mol. The number of benzene rings is 1. The van der Waals surface area contributed by atoms with E-state index in [0.29, 0.717) is 18.2 Å². The average molecular weight is 277 g/mol. The van der Waals surface area contributed by atoms with Gasteiger partial charge < -0.3 is 10.1 Å². The molecule has 0 aromatic heterocycles. The van der Waals surface area contributed by atoms with E-state index in [1.165, 1.54) is 11.1 Å². The van der Waals surface area contributed by atoms with Gasteiger partial charge in [-0.3, -0.25) is 0 Å². The van der Waals surface area contributed by atoms with E-state index >= 15 is 0 Å². The molecule has 3 atom stereocenters. The average Bonchev–Trinajstić information content (AvgIpc) is 2.80. The van der Waals surface area contributed by atoms with Gasteiger partial charge in [-0.15, -0.1) is 0 Å². The molecular formula is C17H24FNO. The molecule has 2 nitrogen and oxygen atoms in total. The zero-order valence-electron chi connectivity index (χ0n) is 12.6. The predicted molar refractivity (Wildman–Crippen MR) is 78.2 cm³/mol. The first-order valence-corrected chi connectivity index (χ1v) is 7.68. The minimum absolute atomic E-state index is 0.121. The molecule has 3 rings (SSSR count). The lowest BCUT2D eigenvalue weighted by Gasteiger charge is -2.52. The van der Waals surface area contributed by atoms with Crippen molar-refractivity contribution in [2.24, 2.45) is 5.41 Å². The minimum atomic E-state index is -0.121. The highest BCUT2D eigenvalue weighted by Crippen LogP contribution is 2.45. The maximum Gasteiger partial charge on any atom is 0.123 e. The lowest BCUT2D eigenvalue weighted by atomic mass is 9.64. The van der Waals surface area contributed by atoms with Gasteiger partial charge in [-0.05, 0) is 49.4 Å². The summed E-state index contributed by atoms with van der Waals surface area (Å²) in [7, 11) is 0. The van der Waals surface area contributed by atoms with E-state index in [2.05, 4.69) is 26.1 Å². The van der Waals surface area contributed by atoms with Gasteiger partial charge >= 0.3 is 0 Å². The fourth-order valence-corrected chi connectivity index (χ4v) is 3.65. The Morgan fingerprint density at radius 2 is 2.20 bits per heavy atom. The van der Waals surface area contributed by atoms with E-state index in [1.807, 2.05) is 6.07 Å². The van der Waals surface area contributed by atoms with Gasteiger partial charge in [0.2, 0.25) is 0 Å². The zero-order valence-corrected chi connectivity index (χ0v) is 12.6. The van der Waals surface area contributed by atoms with Crippen molar-refractivity contribution in [3.63, 3.8) is 0 Å². The van der Waals surface area contributed by atoms with E-state index < -0.39 is 0 Å². The summed E-state index contributed by atoms with van der Waals surface area (Å²) < 4.78 is 19.0. The summed E-state index contributed by atoms with van der Waals surface area (Å²) in [5, 5.41) is 3.77. The standard InChI is InChI=1S/C17H24FNO/c1-4-20-16-10-15(17(16,2)3)19-14-8-5-11-9-12(18)6-7-13(11)14/h6-7,9,14-16,19H,4-5,8,10H2,1-3H3. The van der Waals surface area contributed by atoms with Gasteiger partial charge in [0.1, 0.15) is 5.82 Å². The van der Waals surface area contributed by atoms with Crippen LogP contribution in [0, 0.1) is 11.2 Å². The molecule has 110 valence electrons. The fourth-order valence-electron chi connectivity index (χ4n) is 3.65. The molecule has 0 bridgehead atoms. The molecule has 0 aliphatic heterocycles. The van der Waals surface area contributed by atoms with E-state index in [0.717, 1.165) is 25.9 Å². The molecular weight excluding hydrogens is 253 g/mol. The van der Waals surface area contributed by atoms with E-state index in [-0.39, 0.29) is 11.2 Å². The summed E-state index contributed by atoms with van der Waals surface area (Å²) in [6, 6.07) is 6.07. The number of ether oxygens (including phenoxy) is 1. The van der Waals surface area contributed by atoms with Crippen molar-refractivity contribution in [1.82, 2.24) is 5.32 Å². The van der Waals surface area contributed by atoms with Crippen LogP contribution in [-0.2, 0) is 11.2 Å². The van der Waals surface area contributed by atoms with Gasteiger partial charge in [0.25, 0.3) is 0 Å². The summed E-state index contributed by atoms with van der Waals surface area (Å²) in [6.45, 7) is 7.38. The zero-order chi connectivity index (χ0) is 14.3. The van der Waals surface area contributed by atoms with Gasteiger partial charge in [-0.1, -0.05) is 19.9 Å². The third-order valence-electron chi connectivity index (χ3n) is 5.13. The Morgan fingerprint density at radius 1 is 1.40 bits per heavy atom. The quantitative estimate of drug-likeness (QED) is 0.908. The molecule has 0 heterocycles. The van der Waals surface area contributed by atoms with E-state index in [4.69, 9.17) is 4.74 Å². The van der Waals surface area contributed by atoms with Crippen LogP contribution in [0.2, 0.25) is 0 Å². The first kappa shape index (κ1) is 14.0. The van der Waals surface area contributed by atoms with Crippen molar-refractivity contribution in [2.45, 2.75) is 58.2 Å². The smallest absolute Gasteiger partial charge is 0.123 e.